The number of likely N-dealkylation sites (N-methyl/N-ethyl adjacent to an activating group) is 1. The average Bonchev–Trinajstić information content (AvgIpc) is 2.88. The summed E-state index contributed by atoms with van der Waals surface area (Å²) in [6.07, 6.45) is 5.23. The topological polar surface area (TPSA) is 45.5 Å². The SMILES string of the molecule is CC(C)n1cc2c3c(cccc31)C1=C[C@@H](C(=O)O)CN(C)[C@@H]1C2. The minimum absolute atomic E-state index is 0.284. The second-order valence-corrected chi connectivity index (χ2v) is 7.08. The fourth-order valence-electron chi connectivity index (χ4n) is 4.17. The van der Waals surface area contributed by atoms with E-state index in [0.29, 0.717) is 12.6 Å². The number of aliphatic carboxylic acids is 1. The highest BCUT2D eigenvalue weighted by molar-refractivity contribution is 5.99. The maximum atomic E-state index is 11.5. The van der Waals surface area contributed by atoms with Gasteiger partial charge in [-0.1, -0.05) is 18.2 Å². The number of carbonyl (C=O) groups is 1. The van der Waals surface area contributed by atoms with Crippen LogP contribution in [0.1, 0.15) is 31.0 Å². The molecule has 2 aromatic rings. The first kappa shape index (κ1) is 14.5. The quantitative estimate of drug-likeness (QED) is 0.926. The molecule has 120 valence electrons. The first-order valence-electron chi connectivity index (χ1n) is 8.25. The second-order valence-electron chi connectivity index (χ2n) is 7.08. The third kappa shape index (κ3) is 2.05. The zero-order valence-corrected chi connectivity index (χ0v) is 13.8. The van der Waals surface area contributed by atoms with Crippen molar-refractivity contribution in [2.24, 2.45) is 5.92 Å². The maximum Gasteiger partial charge on any atom is 0.311 e. The zero-order valence-electron chi connectivity index (χ0n) is 13.8. The normalized spacial score (nSPS) is 23.9. The molecule has 2 aliphatic rings. The van der Waals surface area contributed by atoms with Crippen molar-refractivity contribution >= 4 is 22.4 Å². The fourth-order valence-corrected chi connectivity index (χ4v) is 4.17. The Morgan fingerprint density at radius 2 is 2.13 bits per heavy atom. The van der Waals surface area contributed by atoms with Crippen LogP contribution in [0.2, 0.25) is 0 Å². The lowest BCUT2D eigenvalue weighted by atomic mass is 9.80. The van der Waals surface area contributed by atoms with Gasteiger partial charge in [0.25, 0.3) is 0 Å². The smallest absolute Gasteiger partial charge is 0.311 e. The molecule has 1 aliphatic heterocycles. The third-order valence-electron chi connectivity index (χ3n) is 5.29. The molecule has 0 bridgehead atoms. The molecule has 1 aliphatic carbocycles. The minimum Gasteiger partial charge on any atom is -0.481 e. The molecule has 4 nitrogen and oxygen atoms in total. The molecule has 0 fully saturated rings. The summed E-state index contributed by atoms with van der Waals surface area (Å²) in [6.45, 7) is 4.99. The van der Waals surface area contributed by atoms with Gasteiger partial charge in [0, 0.05) is 35.7 Å². The Hall–Kier alpha value is -2.07. The van der Waals surface area contributed by atoms with Gasteiger partial charge in [-0.25, -0.2) is 0 Å². The Kier molecular flexibility index (Phi) is 3.13. The molecule has 0 unspecified atom stereocenters. The van der Waals surface area contributed by atoms with Crippen LogP contribution in [0.15, 0.2) is 30.5 Å². The molecule has 23 heavy (non-hydrogen) atoms. The molecule has 0 amide bonds. The molecule has 1 N–H and O–H groups in total. The number of rotatable bonds is 2. The van der Waals surface area contributed by atoms with Gasteiger partial charge >= 0.3 is 5.97 Å². The molecule has 2 heterocycles. The summed E-state index contributed by atoms with van der Waals surface area (Å²) in [7, 11) is 2.04. The minimum atomic E-state index is -0.736. The number of hydrogen-bond donors (Lipinski definition) is 1. The van der Waals surface area contributed by atoms with Gasteiger partial charge in [-0.15, -0.1) is 0 Å². The predicted octanol–water partition coefficient (Wildman–Crippen LogP) is 3.18. The summed E-state index contributed by atoms with van der Waals surface area (Å²) in [5, 5.41) is 10.7. The highest BCUT2D eigenvalue weighted by Crippen LogP contribution is 2.42. The van der Waals surface area contributed by atoms with Crippen LogP contribution in [0.5, 0.6) is 0 Å². The van der Waals surface area contributed by atoms with Gasteiger partial charge in [0.15, 0.2) is 0 Å². The van der Waals surface area contributed by atoms with Crippen LogP contribution in [0.4, 0.5) is 0 Å². The summed E-state index contributed by atoms with van der Waals surface area (Å²) in [5.41, 5.74) is 5.04. The Morgan fingerprint density at radius 1 is 1.35 bits per heavy atom. The van der Waals surface area contributed by atoms with Crippen LogP contribution in [0.3, 0.4) is 0 Å². The van der Waals surface area contributed by atoms with E-state index in [2.05, 4.69) is 47.7 Å². The van der Waals surface area contributed by atoms with E-state index in [1.54, 1.807) is 0 Å². The molecule has 1 aromatic carbocycles. The number of benzene rings is 1. The number of nitrogens with zero attached hydrogens (tertiary/aromatic N) is 2. The van der Waals surface area contributed by atoms with Crippen LogP contribution in [0, 0.1) is 5.92 Å². The van der Waals surface area contributed by atoms with Gasteiger partial charge in [-0.05, 0) is 50.1 Å². The molecule has 0 saturated heterocycles. The summed E-state index contributed by atoms with van der Waals surface area (Å²) in [6, 6.07) is 7.11. The van der Waals surface area contributed by atoms with Crippen molar-refractivity contribution in [2.45, 2.75) is 32.4 Å². The maximum absolute atomic E-state index is 11.5. The Labute approximate surface area is 136 Å². The molecule has 4 heteroatoms. The first-order valence-corrected chi connectivity index (χ1v) is 8.25. The van der Waals surface area contributed by atoms with Crippen molar-refractivity contribution < 1.29 is 9.90 Å². The predicted molar refractivity (Wildman–Crippen MR) is 91.5 cm³/mol. The van der Waals surface area contributed by atoms with E-state index in [1.165, 1.54) is 27.6 Å². The number of hydrogen-bond acceptors (Lipinski definition) is 2. The van der Waals surface area contributed by atoms with Crippen LogP contribution in [-0.4, -0.2) is 40.2 Å². The summed E-state index contributed by atoms with van der Waals surface area (Å²) < 4.78 is 2.33. The molecule has 1 aromatic heterocycles. The standard InChI is InChI=1S/C19H22N2O2/c1-11(2)21-10-12-8-17-15(7-13(19(22)23)9-20(17)3)14-5-4-6-16(21)18(12)14/h4-7,10-11,13,17H,8-9H2,1-3H3,(H,22,23)/t13-,17-/m1/s1. The van der Waals surface area contributed by atoms with Gasteiger partial charge in [0.2, 0.25) is 0 Å². The van der Waals surface area contributed by atoms with Crippen LogP contribution in [0.25, 0.3) is 16.5 Å². The molecule has 0 saturated carbocycles. The van der Waals surface area contributed by atoms with Crippen LogP contribution >= 0.6 is 0 Å². The van der Waals surface area contributed by atoms with E-state index in [1.807, 2.05) is 13.1 Å². The lowest BCUT2D eigenvalue weighted by molar-refractivity contribution is -0.140. The van der Waals surface area contributed by atoms with Crippen LogP contribution in [-0.2, 0) is 11.2 Å². The van der Waals surface area contributed by atoms with E-state index in [-0.39, 0.29) is 6.04 Å². The van der Waals surface area contributed by atoms with Crippen molar-refractivity contribution in [3.63, 3.8) is 0 Å². The largest absolute Gasteiger partial charge is 0.481 e. The zero-order chi connectivity index (χ0) is 16.3. The average molecular weight is 310 g/mol. The molecule has 4 rings (SSSR count). The van der Waals surface area contributed by atoms with Gasteiger partial charge in [0.1, 0.15) is 0 Å². The Balaban J connectivity index is 1.97. The van der Waals surface area contributed by atoms with Gasteiger partial charge < -0.3 is 9.67 Å². The van der Waals surface area contributed by atoms with E-state index in [9.17, 15) is 9.90 Å². The summed E-state index contributed by atoms with van der Waals surface area (Å²) in [5.74, 6) is -1.16. The van der Waals surface area contributed by atoms with Crippen molar-refractivity contribution in [3.8, 4) is 0 Å². The highest BCUT2D eigenvalue weighted by Gasteiger charge is 2.36. The number of fused-ring (bicyclic) bond motifs is 2. The first-order chi connectivity index (χ1) is 11.0. The monoisotopic (exact) mass is 310 g/mol. The summed E-state index contributed by atoms with van der Waals surface area (Å²) >= 11 is 0. The highest BCUT2D eigenvalue weighted by atomic mass is 16.4. The van der Waals surface area contributed by atoms with Crippen molar-refractivity contribution in [3.05, 3.63) is 41.6 Å². The molecule has 0 radical (unpaired) electrons. The van der Waals surface area contributed by atoms with Crippen molar-refractivity contribution in [1.82, 2.24) is 9.47 Å². The Bertz CT molecular complexity index is 831. The lowest BCUT2D eigenvalue weighted by Crippen LogP contribution is -2.44. The fraction of sp³-hybridized carbons (Fsp3) is 0.421. The molecule has 2 atom stereocenters. The number of carboxylic acids is 1. The summed E-state index contributed by atoms with van der Waals surface area (Å²) in [4.78, 5) is 13.7. The molecule has 0 spiro atoms. The van der Waals surface area contributed by atoms with Gasteiger partial charge in [0.05, 0.1) is 5.92 Å². The third-order valence-corrected chi connectivity index (χ3v) is 5.29. The Morgan fingerprint density at radius 3 is 2.83 bits per heavy atom. The van der Waals surface area contributed by atoms with Crippen molar-refractivity contribution in [1.29, 1.82) is 0 Å². The number of carboxylic acid groups (broad SMARTS) is 1. The van der Waals surface area contributed by atoms with Crippen LogP contribution < -0.4 is 0 Å². The van der Waals surface area contributed by atoms with E-state index >= 15 is 0 Å². The van der Waals surface area contributed by atoms with Gasteiger partial charge in [-0.3, -0.25) is 9.69 Å². The number of aromatic nitrogens is 1. The van der Waals surface area contributed by atoms with E-state index in [0.717, 1.165) is 6.42 Å². The second kappa shape index (κ2) is 4.96. The molecular weight excluding hydrogens is 288 g/mol. The van der Waals surface area contributed by atoms with E-state index < -0.39 is 11.9 Å². The van der Waals surface area contributed by atoms with Crippen molar-refractivity contribution in [2.75, 3.05) is 13.6 Å². The van der Waals surface area contributed by atoms with E-state index in [4.69, 9.17) is 0 Å². The lowest BCUT2D eigenvalue weighted by Gasteiger charge is -2.38. The molecular formula is C19H22N2O2. The van der Waals surface area contributed by atoms with Gasteiger partial charge in [-0.2, -0.15) is 0 Å².